The molecule has 2 aromatic heterocycles. The van der Waals surface area contributed by atoms with E-state index in [0.29, 0.717) is 5.02 Å². The Labute approximate surface area is 104 Å². The van der Waals surface area contributed by atoms with E-state index in [1.807, 2.05) is 28.9 Å². The Morgan fingerprint density at radius 2 is 1.88 bits per heavy atom. The fraction of sp³-hybridized carbons (Fsp3) is 0.0714. The fourth-order valence-corrected chi connectivity index (χ4v) is 1.97. The summed E-state index contributed by atoms with van der Waals surface area (Å²) >= 11 is 5.94. The molecule has 0 N–H and O–H groups in total. The lowest BCUT2D eigenvalue weighted by Gasteiger charge is -1.96. The lowest BCUT2D eigenvalue weighted by Crippen LogP contribution is -1.79. The van der Waals surface area contributed by atoms with Crippen LogP contribution in [0.1, 0.15) is 5.56 Å². The Morgan fingerprint density at radius 3 is 2.65 bits per heavy atom. The van der Waals surface area contributed by atoms with Crippen LogP contribution in [0.2, 0.25) is 5.02 Å². The molecule has 3 rings (SSSR count). The van der Waals surface area contributed by atoms with Crippen LogP contribution in [0.15, 0.2) is 48.8 Å². The van der Waals surface area contributed by atoms with Crippen LogP contribution in [0.3, 0.4) is 0 Å². The molecule has 2 nitrogen and oxygen atoms in total. The Balaban J connectivity index is 2.14. The lowest BCUT2D eigenvalue weighted by molar-refractivity contribution is 1.19. The summed E-state index contributed by atoms with van der Waals surface area (Å²) in [4.78, 5) is 4.55. The van der Waals surface area contributed by atoms with Gasteiger partial charge < -0.3 is 4.40 Å². The topological polar surface area (TPSA) is 17.3 Å². The number of aryl methyl sites for hydroxylation is 1. The summed E-state index contributed by atoms with van der Waals surface area (Å²) in [7, 11) is 0. The van der Waals surface area contributed by atoms with Gasteiger partial charge in [0.2, 0.25) is 0 Å². The van der Waals surface area contributed by atoms with Crippen molar-refractivity contribution in [3.8, 4) is 11.3 Å². The first-order valence-corrected chi connectivity index (χ1v) is 5.81. The first kappa shape index (κ1) is 10.4. The average Bonchev–Trinajstić information content (AvgIpc) is 2.72. The maximum Gasteiger partial charge on any atom is 0.138 e. The smallest absolute Gasteiger partial charge is 0.138 e. The fourth-order valence-electron chi connectivity index (χ4n) is 1.82. The minimum Gasteiger partial charge on any atom is -0.306 e. The molecule has 0 amide bonds. The molecule has 0 aliphatic rings. The first-order chi connectivity index (χ1) is 8.22. The zero-order chi connectivity index (χ0) is 11.8. The van der Waals surface area contributed by atoms with Crippen LogP contribution < -0.4 is 0 Å². The monoisotopic (exact) mass is 242 g/mol. The highest BCUT2D eigenvalue weighted by molar-refractivity contribution is 6.30. The van der Waals surface area contributed by atoms with Gasteiger partial charge in [0.25, 0.3) is 0 Å². The third-order valence-electron chi connectivity index (χ3n) is 2.77. The Bertz CT molecular complexity index is 668. The number of pyridine rings is 1. The molecule has 84 valence electrons. The highest BCUT2D eigenvalue weighted by Crippen LogP contribution is 2.21. The molecule has 3 aromatic rings. The molecule has 1 aromatic carbocycles. The minimum absolute atomic E-state index is 0.707. The average molecular weight is 243 g/mol. The number of imidazole rings is 1. The van der Waals surface area contributed by atoms with Crippen LogP contribution in [0.5, 0.6) is 0 Å². The maximum absolute atomic E-state index is 5.94. The van der Waals surface area contributed by atoms with Gasteiger partial charge in [-0.3, -0.25) is 0 Å². The molecular formula is C14H11ClN2. The highest BCUT2D eigenvalue weighted by atomic mass is 35.5. The summed E-state index contributed by atoms with van der Waals surface area (Å²) in [5, 5.41) is 0.707. The van der Waals surface area contributed by atoms with Crippen molar-refractivity contribution in [1.82, 2.24) is 9.38 Å². The molecular weight excluding hydrogens is 232 g/mol. The highest BCUT2D eigenvalue weighted by Gasteiger charge is 2.04. The number of benzene rings is 1. The number of halogens is 1. The third-order valence-corrected chi connectivity index (χ3v) is 3.00. The maximum atomic E-state index is 5.94. The summed E-state index contributed by atoms with van der Waals surface area (Å²) in [6, 6.07) is 12.1. The van der Waals surface area contributed by atoms with Crippen LogP contribution in [0, 0.1) is 6.92 Å². The van der Waals surface area contributed by atoms with Gasteiger partial charge in [0, 0.05) is 29.0 Å². The molecule has 0 radical (unpaired) electrons. The Kier molecular flexibility index (Phi) is 2.37. The van der Waals surface area contributed by atoms with Crippen molar-refractivity contribution in [2.45, 2.75) is 6.92 Å². The molecule has 0 saturated carbocycles. The molecule has 0 unspecified atom stereocenters. The third kappa shape index (κ3) is 1.92. The molecule has 0 spiro atoms. The normalized spacial score (nSPS) is 10.9. The largest absolute Gasteiger partial charge is 0.306 e. The Morgan fingerprint density at radius 1 is 1.12 bits per heavy atom. The number of nitrogens with zero attached hydrogens (tertiary/aromatic N) is 2. The molecule has 0 bridgehead atoms. The molecule has 0 fully saturated rings. The van der Waals surface area contributed by atoms with Gasteiger partial charge >= 0.3 is 0 Å². The molecule has 0 atom stereocenters. The van der Waals surface area contributed by atoms with E-state index in [4.69, 9.17) is 11.6 Å². The summed E-state index contributed by atoms with van der Waals surface area (Å²) < 4.78 is 1.97. The van der Waals surface area contributed by atoms with E-state index in [1.165, 1.54) is 5.56 Å². The van der Waals surface area contributed by atoms with Gasteiger partial charge in [0.05, 0.1) is 5.69 Å². The van der Waals surface area contributed by atoms with Crippen molar-refractivity contribution in [1.29, 1.82) is 0 Å². The van der Waals surface area contributed by atoms with Crippen molar-refractivity contribution >= 4 is 17.2 Å². The summed E-state index contributed by atoms with van der Waals surface area (Å²) in [6.45, 7) is 2.08. The minimum atomic E-state index is 0.707. The molecule has 0 aliphatic heterocycles. The quantitative estimate of drug-likeness (QED) is 0.631. The van der Waals surface area contributed by atoms with E-state index in [9.17, 15) is 0 Å². The van der Waals surface area contributed by atoms with Crippen molar-refractivity contribution in [3.05, 3.63) is 59.4 Å². The van der Waals surface area contributed by atoms with E-state index < -0.39 is 0 Å². The SMILES string of the molecule is Cc1ccc(-c2cn3ccc(Cl)cc3n2)cc1. The van der Waals surface area contributed by atoms with Crippen LogP contribution in [-0.4, -0.2) is 9.38 Å². The van der Waals surface area contributed by atoms with Gasteiger partial charge in [-0.2, -0.15) is 0 Å². The van der Waals surface area contributed by atoms with Gasteiger partial charge in [0.15, 0.2) is 0 Å². The van der Waals surface area contributed by atoms with Crippen LogP contribution in [-0.2, 0) is 0 Å². The summed E-state index contributed by atoms with van der Waals surface area (Å²) in [5.41, 5.74) is 4.20. The van der Waals surface area contributed by atoms with E-state index in [0.717, 1.165) is 16.9 Å². The number of rotatable bonds is 1. The number of hydrogen-bond acceptors (Lipinski definition) is 1. The second kappa shape index (κ2) is 3.90. The van der Waals surface area contributed by atoms with Crippen molar-refractivity contribution < 1.29 is 0 Å². The van der Waals surface area contributed by atoms with Gasteiger partial charge in [-0.1, -0.05) is 41.4 Å². The van der Waals surface area contributed by atoms with E-state index in [1.54, 1.807) is 0 Å². The molecule has 2 heterocycles. The first-order valence-electron chi connectivity index (χ1n) is 5.44. The predicted molar refractivity (Wildman–Crippen MR) is 70.4 cm³/mol. The zero-order valence-corrected chi connectivity index (χ0v) is 10.1. The standard InChI is InChI=1S/C14H11ClN2/c1-10-2-4-11(5-3-10)13-9-17-7-6-12(15)8-14(17)16-13/h2-9H,1H3. The van der Waals surface area contributed by atoms with Crippen molar-refractivity contribution in [2.24, 2.45) is 0 Å². The van der Waals surface area contributed by atoms with Gasteiger partial charge in [0.1, 0.15) is 5.65 Å². The number of aromatic nitrogens is 2. The van der Waals surface area contributed by atoms with Crippen molar-refractivity contribution in [2.75, 3.05) is 0 Å². The Hall–Kier alpha value is -1.80. The second-order valence-electron chi connectivity index (χ2n) is 4.10. The lowest BCUT2D eigenvalue weighted by atomic mass is 10.1. The zero-order valence-electron chi connectivity index (χ0n) is 9.39. The molecule has 0 saturated heterocycles. The van der Waals surface area contributed by atoms with Crippen LogP contribution >= 0.6 is 11.6 Å². The number of hydrogen-bond donors (Lipinski definition) is 0. The van der Waals surface area contributed by atoms with Gasteiger partial charge in [-0.05, 0) is 13.0 Å². The van der Waals surface area contributed by atoms with E-state index >= 15 is 0 Å². The van der Waals surface area contributed by atoms with E-state index in [2.05, 4.69) is 36.2 Å². The second-order valence-corrected chi connectivity index (χ2v) is 4.54. The molecule has 17 heavy (non-hydrogen) atoms. The number of fused-ring (bicyclic) bond motifs is 1. The van der Waals surface area contributed by atoms with E-state index in [-0.39, 0.29) is 0 Å². The molecule has 3 heteroatoms. The molecule has 0 aliphatic carbocycles. The van der Waals surface area contributed by atoms with Crippen LogP contribution in [0.25, 0.3) is 16.9 Å². The van der Waals surface area contributed by atoms with Gasteiger partial charge in [-0.15, -0.1) is 0 Å². The predicted octanol–water partition coefficient (Wildman–Crippen LogP) is 3.96. The van der Waals surface area contributed by atoms with Crippen molar-refractivity contribution in [3.63, 3.8) is 0 Å². The summed E-state index contributed by atoms with van der Waals surface area (Å²) in [5.74, 6) is 0. The van der Waals surface area contributed by atoms with Crippen LogP contribution in [0.4, 0.5) is 0 Å². The summed E-state index contributed by atoms with van der Waals surface area (Å²) in [6.07, 6.45) is 3.93. The van der Waals surface area contributed by atoms with Gasteiger partial charge in [-0.25, -0.2) is 4.98 Å².